The predicted molar refractivity (Wildman–Crippen MR) is 57.3 cm³/mol. The molecule has 0 aliphatic rings. The summed E-state index contributed by atoms with van der Waals surface area (Å²) in [7, 11) is 2.07. The number of hydrogen-bond acceptors (Lipinski definition) is 2. The van der Waals surface area contributed by atoms with Crippen molar-refractivity contribution in [3.05, 3.63) is 24.3 Å². The van der Waals surface area contributed by atoms with Crippen LogP contribution in [0.1, 0.15) is 13.8 Å². The van der Waals surface area contributed by atoms with Gasteiger partial charge in [-0.15, -0.1) is 0 Å². The Kier molecular flexibility index (Phi) is 3.34. The smallest absolute Gasteiger partial charge is 0.209 e. The molecule has 1 N–H and O–H groups in total. The van der Waals surface area contributed by atoms with Crippen LogP contribution in [-0.4, -0.2) is 22.3 Å². The second kappa shape index (κ2) is 4.15. The zero-order valence-corrected chi connectivity index (χ0v) is 9.01. The first-order valence-electron chi connectivity index (χ1n) is 4.29. The maximum atomic E-state index is 11.6. The second-order valence-corrected chi connectivity index (χ2v) is 5.06. The summed E-state index contributed by atoms with van der Waals surface area (Å²) in [6.45, 7) is 3.55. The third-order valence-electron chi connectivity index (χ3n) is 1.58. The van der Waals surface area contributed by atoms with Gasteiger partial charge < -0.3 is 0 Å². The summed E-state index contributed by atoms with van der Waals surface area (Å²) in [5.41, 5.74) is 0.550. The summed E-state index contributed by atoms with van der Waals surface area (Å²) < 4.78 is 25.7. The predicted octanol–water partition coefficient (Wildman–Crippen LogP) is 0.167. The number of benzene rings is 1. The summed E-state index contributed by atoms with van der Waals surface area (Å²) in [6, 6.07) is 5.99. The lowest BCUT2D eigenvalue weighted by Gasteiger charge is -2.09. The average Bonchev–Trinajstić information content (AvgIpc) is 2.02. The van der Waals surface area contributed by atoms with Gasteiger partial charge in [0.15, 0.2) is 0 Å². The fraction of sp³-hybridized carbons (Fsp3) is 0.333. The van der Waals surface area contributed by atoms with Gasteiger partial charge >= 0.3 is 0 Å². The molecule has 0 fully saturated rings. The first-order valence-corrected chi connectivity index (χ1v) is 5.78. The number of hydrogen-bond donors (Lipinski definition) is 1. The molecule has 0 saturated carbocycles. The zero-order chi connectivity index (χ0) is 10.8. The van der Waals surface area contributed by atoms with Gasteiger partial charge in [-0.25, -0.2) is 13.1 Å². The molecule has 0 unspecified atom stereocenters. The highest BCUT2D eigenvalue weighted by molar-refractivity contribution is 7.89. The molecule has 0 aliphatic carbocycles. The average molecular weight is 209 g/mol. The van der Waals surface area contributed by atoms with E-state index in [1.807, 2.05) is 0 Å². The molecule has 1 aromatic rings. The van der Waals surface area contributed by atoms with Crippen molar-refractivity contribution in [1.29, 1.82) is 0 Å². The van der Waals surface area contributed by atoms with Crippen molar-refractivity contribution in [2.45, 2.75) is 24.8 Å². The van der Waals surface area contributed by atoms with Crippen LogP contribution < -0.4 is 10.2 Å². The molecule has 3 nitrogen and oxygen atoms in total. The van der Waals surface area contributed by atoms with Gasteiger partial charge in [0.2, 0.25) is 10.0 Å². The fourth-order valence-electron chi connectivity index (χ4n) is 1.03. The van der Waals surface area contributed by atoms with Gasteiger partial charge in [0.1, 0.15) is 7.85 Å². The maximum Gasteiger partial charge on any atom is 0.240 e. The SMILES string of the molecule is [B]c1ccc(S(=O)(=O)NC(C)C)cc1. The molecule has 0 bridgehead atoms. The Morgan fingerprint density at radius 2 is 1.71 bits per heavy atom. The van der Waals surface area contributed by atoms with Crippen molar-refractivity contribution in [2.75, 3.05) is 0 Å². The Balaban J connectivity index is 2.99. The third-order valence-corrected chi connectivity index (χ3v) is 3.26. The monoisotopic (exact) mass is 209 g/mol. The summed E-state index contributed by atoms with van der Waals surface area (Å²) >= 11 is 0. The fourth-order valence-corrected chi connectivity index (χ4v) is 2.28. The molecule has 5 heteroatoms. The Hall–Kier alpha value is -0.805. The van der Waals surface area contributed by atoms with Crippen LogP contribution in [-0.2, 0) is 10.0 Å². The minimum absolute atomic E-state index is 0.113. The van der Waals surface area contributed by atoms with E-state index in [4.69, 9.17) is 7.85 Å². The Bertz CT molecular complexity index is 397. The molecule has 0 atom stereocenters. The zero-order valence-electron chi connectivity index (χ0n) is 8.19. The van der Waals surface area contributed by atoms with Crippen molar-refractivity contribution >= 4 is 23.3 Å². The van der Waals surface area contributed by atoms with Gasteiger partial charge in [0.25, 0.3) is 0 Å². The summed E-state index contributed by atoms with van der Waals surface area (Å²) in [6.07, 6.45) is 0. The van der Waals surface area contributed by atoms with Gasteiger partial charge in [-0.1, -0.05) is 17.6 Å². The quantitative estimate of drug-likeness (QED) is 0.721. The number of nitrogens with one attached hydrogen (secondary N) is 1. The molecule has 1 aromatic carbocycles. The molecule has 0 heterocycles. The van der Waals surface area contributed by atoms with Crippen LogP contribution in [0.4, 0.5) is 0 Å². The third kappa shape index (κ3) is 2.85. The van der Waals surface area contributed by atoms with Gasteiger partial charge in [-0.3, -0.25) is 0 Å². The van der Waals surface area contributed by atoms with Gasteiger partial charge in [-0.05, 0) is 26.0 Å². The Labute approximate surface area is 86.0 Å². The summed E-state index contributed by atoms with van der Waals surface area (Å²) in [4.78, 5) is 0.236. The van der Waals surface area contributed by atoms with E-state index < -0.39 is 10.0 Å². The lowest BCUT2D eigenvalue weighted by Crippen LogP contribution is -2.30. The van der Waals surface area contributed by atoms with Crippen molar-refractivity contribution in [3.63, 3.8) is 0 Å². The molecule has 0 spiro atoms. The van der Waals surface area contributed by atoms with Crippen LogP contribution in [0.25, 0.3) is 0 Å². The number of rotatable bonds is 3. The maximum absolute atomic E-state index is 11.6. The first-order chi connectivity index (χ1) is 6.42. The minimum Gasteiger partial charge on any atom is -0.209 e. The molecule has 0 amide bonds. The Morgan fingerprint density at radius 3 is 2.14 bits per heavy atom. The molecule has 74 valence electrons. The topological polar surface area (TPSA) is 46.2 Å². The minimum atomic E-state index is -3.38. The summed E-state index contributed by atoms with van der Waals surface area (Å²) in [5, 5.41) is 0. The van der Waals surface area contributed by atoms with Crippen LogP contribution in [0.2, 0.25) is 0 Å². The van der Waals surface area contributed by atoms with Gasteiger partial charge in [0, 0.05) is 6.04 Å². The highest BCUT2D eigenvalue weighted by atomic mass is 32.2. The standard InChI is InChI=1S/C9H12BNO2S/c1-7(2)11-14(12,13)9-5-3-8(10)4-6-9/h3-7,11H,1-2H3. The molecule has 0 saturated heterocycles. The van der Waals surface area contributed by atoms with Crippen molar-refractivity contribution < 1.29 is 8.42 Å². The van der Waals surface area contributed by atoms with Crippen LogP contribution >= 0.6 is 0 Å². The van der Waals surface area contributed by atoms with Crippen LogP contribution in [0.3, 0.4) is 0 Å². The molecule has 0 aromatic heterocycles. The normalized spacial score (nSPS) is 11.9. The molecule has 2 radical (unpaired) electrons. The van der Waals surface area contributed by atoms with E-state index in [0.717, 1.165) is 0 Å². The van der Waals surface area contributed by atoms with Crippen molar-refractivity contribution in [3.8, 4) is 0 Å². The van der Waals surface area contributed by atoms with Gasteiger partial charge in [-0.2, -0.15) is 0 Å². The summed E-state index contributed by atoms with van der Waals surface area (Å²) in [5.74, 6) is 0. The molecule has 1 rings (SSSR count). The van der Waals surface area contributed by atoms with E-state index in [-0.39, 0.29) is 10.9 Å². The second-order valence-electron chi connectivity index (χ2n) is 3.35. The molecule has 0 aliphatic heterocycles. The molecular weight excluding hydrogens is 197 g/mol. The van der Waals surface area contributed by atoms with Crippen molar-refractivity contribution in [2.24, 2.45) is 0 Å². The number of sulfonamides is 1. The highest BCUT2D eigenvalue weighted by Crippen LogP contribution is 2.06. The van der Waals surface area contributed by atoms with E-state index in [9.17, 15) is 8.42 Å². The largest absolute Gasteiger partial charge is 0.240 e. The van der Waals surface area contributed by atoms with Crippen LogP contribution in [0.5, 0.6) is 0 Å². The first kappa shape index (κ1) is 11.3. The van der Waals surface area contributed by atoms with E-state index in [0.29, 0.717) is 5.46 Å². The van der Waals surface area contributed by atoms with E-state index in [1.165, 1.54) is 12.1 Å². The molecular formula is C9H12BNO2S. The highest BCUT2D eigenvalue weighted by Gasteiger charge is 2.13. The lowest BCUT2D eigenvalue weighted by molar-refractivity contribution is 0.570. The molecule has 14 heavy (non-hydrogen) atoms. The van der Waals surface area contributed by atoms with Crippen LogP contribution in [0.15, 0.2) is 29.2 Å². The van der Waals surface area contributed by atoms with Crippen molar-refractivity contribution in [1.82, 2.24) is 4.72 Å². The van der Waals surface area contributed by atoms with Gasteiger partial charge in [0.05, 0.1) is 4.90 Å². The van der Waals surface area contributed by atoms with E-state index in [1.54, 1.807) is 26.0 Å². The van der Waals surface area contributed by atoms with Crippen LogP contribution in [0, 0.1) is 0 Å². The Morgan fingerprint density at radius 1 is 1.21 bits per heavy atom. The lowest BCUT2D eigenvalue weighted by atomic mass is 9.97. The van der Waals surface area contributed by atoms with E-state index >= 15 is 0 Å². The van der Waals surface area contributed by atoms with E-state index in [2.05, 4.69) is 4.72 Å².